The highest BCUT2D eigenvalue weighted by Gasteiger charge is 2.34. The summed E-state index contributed by atoms with van der Waals surface area (Å²) in [5.41, 5.74) is -0.633. The summed E-state index contributed by atoms with van der Waals surface area (Å²) in [5.74, 6) is 1.03. The van der Waals surface area contributed by atoms with Gasteiger partial charge >= 0.3 is 6.18 Å². The molecule has 0 fully saturated rings. The van der Waals surface area contributed by atoms with Crippen LogP contribution in [0.3, 0.4) is 0 Å². The molecule has 5 nitrogen and oxygen atoms in total. The van der Waals surface area contributed by atoms with Gasteiger partial charge in [-0.15, -0.1) is 0 Å². The fraction of sp³-hybridized carbons (Fsp3) is 0.294. The van der Waals surface area contributed by atoms with Crippen LogP contribution >= 0.6 is 11.6 Å². The zero-order valence-corrected chi connectivity index (χ0v) is 15.6. The van der Waals surface area contributed by atoms with Gasteiger partial charge in [-0.1, -0.05) is 17.7 Å². The van der Waals surface area contributed by atoms with Crippen molar-refractivity contribution in [2.24, 2.45) is 0 Å². The van der Waals surface area contributed by atoms with E-state index in [1.165, 1.54) is 0 Å². The summed E-state index contributed by atoms with van der Waals surface area (Å²) >= 11 is 5.54. The number of alkyl halides is 3. The predicted molar refractivity (Wildman–Crippen MR) is 92.6 cm³/mol. The van der Waals surface area contributed by atoms with Crippen molar-refractivity contribution in [3.63, 3.8) is 0 Å². The van der Waals surface area contributed by atoms with Crippen LogP contribution in [0, 0.1) is 0 Å². The minimum absolute atomic E-state index is 0.377. The van der Waals surface area contributed by atoms with E-state index in [1.54, 1.807) is 25.1 Å². The highest BCUT2D eigenvalue weighted by molar-refractivity contribution is 7.89. The molecule has 1 aliphatic heterocycles. The molecule has 0 saturated heterocycles. The molecule has 0 aliphatic carbocycles. The van der Waals surface area contributed by atoms with Gasteiger partial charge in [0, 0.05) is 6.04 Å². The van der Waals surface area contributed by atoms with Crippen LogP contribution < -0.4 is 14.2 Å². The average Bonchev–Trinajstić information content (AvgIpc) is 2.60. The molecule has 2 aromatic rings. The molecule has 0 amide bonds. The summed E-state index contributed by atoms with van der Waals surface area (Å²) in [6.45, 7) is 2.37. The molecule has 146 valence electrons. The molecule has 1 N–H and O–H groups in total. The summed E-state index contributed by atoms with van der Waals surface area (Å²) in [5, 5.41) is -0.568. The van der Waals surface area contributed by atoms with E-state index in [0.717, 1.165) is 12.1 Å². The first-order valence-electron chi connectivity index (χ1n) is 7.86. The van der Waals surface area contributed by atoms with Crippen LogP contribution in [0.2, 0.25) is 5.02 Å². The van der Waals surface area contributed by atoms with Gasteiger partial charge in [0.25, 0.3) is 0 Å². The number of sulfonamides is 1. The van der Waals surface area contributed by atoms with E-state index < -0.39 is 37.7 Å². The Labute approximate surface area is 159 Å². The summed E-state index contributed by atoms with van der Waals surface area (Å²) in [7, 11) is -4.21. The van der Waals surface area contributed by atoms with Gasteiger partial charge in [0.1, 0.15) is 13.2 Å². The van der Waals surface area contributed by atoms with Crippen LogP contribution in [0.5, 0.6) is 11.5 Å². The number of nitrogens with one attached hydrogen (secondary N) is 1. The number of hydrogen-bond donors (Lipinski definition) is 1. The highest BCUT2D eigenvalue weighted by atomic mass is 35.5. The van der Waals surface area contributed by atoms with Crippen molar-refractivity contribution in [1.29, 1.82) is 0 Å². The molecule has 1 atom stereocenters. The lowest BCUT2D eigenvalue weighted by Gasteiger charge is -2.21. The van der Waals surface area contributed by atoms with Crippen molar-refractivity contribution in [3.05, 3.63) is 52.5 Å². The maximum Gasteiger partial charge on any atom is 0.417 e. The Morgan fingerprint density at radius 1 is 1.07 bits per heavy atom. The number of ether oxygens (including phenoxy) is 2. The molecule has 2 aromatic carbocycles. The fourth-order valence-corrected chi connectivity index (χ4v) is 4.07. The van der Waals surface area contributed by atoms with E-state index in [1.807, 2.05) is 0 Å². The van der Waals surface area contributed by atoms with Crippen molar-refractivity contribution in [2.75, 3.05) is 13.2 Å². The van der Waals surface area contributed by atoms with Crippen molar-refractivity contribution in [3.8, 4) is 11.5 Å². The largest absolute Gasteiger partial charge is 0.486 e. The first-order valence-corrected chi connectivity index (χ1v) is 9.73. The standard InChI is InChI=1S/C17H15ClF3NO4S/c1-10(11-2-5-15-16(8-11)26-7-6-25-15)22-27(23,24)12-3-4-14(18)13(9-12)17(19,20)21/h2-5,8-10,22H,6-7H2,1H3. The van der Waals surface area contributed by atoms with Crippen LogP contribution in [0.4, 0.5) is 13.2 Å². The maximum atomic E-state index is 13.0. The van der Waals surface area contributed by atoms with Gasteiger partial charge in [0.2, 0.25) is 10.0 Å². The lowest BCUT2D eigenvalue weighted by Crippen LogP contribution is -2.27. The summed E-state index contributed by atoms with van der Waals surface area (Å²) in [6.07, 6.45) is -4.76. The molecular weight excluding hydrogens is 407 g/mol. The Morgan fingerprint density at radius 2 is 1.74 bits per heavy atom. The Bertz CT molecular complexity index is 963. The van der Waals surface area contributed by atoms with E-state index >= 15 is 0 Å². The van der Waals surface area contributed by atoms with E-state index in [4.69, 9.17) is 21.1 Å². The molecule has 0 saturated carbocycles. The third kappa shape index (κ3) is 4.31. The average molecular weight is 422 g/mol. The van der Waals surface area contributed by atoms with Crippen molar-refractivity contribution in [1.82, 2.24) is 4.72 Å². The second-order valence-corrected chi connectivity index (χ2v) is 8.01. The minimum atomic E-state index is -4.76. The summed E-state index contributed by atoms with van der Waals surface area (Å²) < 4.78 is 77.2. The van der Waals surface area contributed by atoms with Crippen LogP contribution in [0.25, 0.3) is 0 Å². The lowest BCUT2D eigenvalue weighted by molar-refractivity contribution is -0.137. The van der Waals surface area contributed by atoms with Gasteiger partial charge in [0.05, 0.1) is 15.5 Å². The van der Waals surface area contributed by atoms with Crippen LogP contribution in [0.15, 0.2) is 41.3 Å². The second kappa shape index (κ2) is 7.21. The number of hydrogen-bond acceptors (Lipinski definition) is 4. The smallest absolute Gasteiger partial charge is 0.417 e. The molecule has 1 aliphatic rings. The van der Waals surface area contributed by atoms with Gasteiger partial charge < -0.3 is 9.47 Å². The van der Waals surface area contributed by atoms with Gasteiger partial charge in [-0.2, -0.15) is 13.2 Å². The molecule has 0 aromatic heterocycles. The Balaban J connectivity index is 1.86. The van der Waals surface area contributed by atoms with Gasteiger partial charge in [-0.25, -0.2) is 13.1 Å². The van der Waals surface area contributed by atoms with Gasteiger partial charge in [-0.3, -0.25) is 0 Å². The SMILES string of the molecule is CC(NS(=O)(=O)c1ccc(Cl)c(C(F)(F)F)c1)c1ccc2c(c1)OCCO2. The number of fused-ring (bicyclic) bond motifs is 1. The first-order chi connectivity index (χ1) is 12.6. The molecule has 0 bridgehead atoms. The van der Waals surface area contributed by atoms with Crippen molar-refractivity contribution in [2.45, 2.75) is 24.0 Å². The lowest BCUT2D eigenvalue weighted by atomic mass is 10.1. The molecule has 0 spiro atoms. The maximum absolute atomic E-state index is 13.0. The van der Waals surface area contributed by atoms with E-state index in [2.05, 4.69) is 4.72 Å². The second-order valence-electron chi connectivity index (χ2n) is 5.89. The molecule has 0 radical (unpaired) electrons. The fourth-order valence-electron chi connectivity index (χ4n) is 2.59. The molecule has 27 heavy (non-hydrogen) atoms. The Morgan fingerprint density at radius 3 is 2.41 bits per heavy atom. The normalized spacial score (nSPS) is 15.4. The molecule has 1 heterocycles. The molecule has 1 unspecified atom stereocenters. The van der Waals surface area contributed by atoms with Crippen LogP contribution in [-0.2, 0) is 16.2 Å². The first kappa shape index (κ1) is 19.8. The zero-order valence-electron chi connectivity index (χ0n) is 14.0. The van der Waals surface area contributed by atoms with Crippen molar-refractivity contribution >= 4 is 21.6 Å². The van der Waals surface area contributed by atoms with Gasteiger partial charge in [0.15, 0.2) is 11.5 Å². The quantitative estimate of drug-likeness (QED) is 0.804. The third-order valence-corrected chi connectivity index (χ3v) is 5.82. The number of halogens is 4. The van der Waals surface area contributed by atoms with Crippen LogP contribution in [-0.4, -0.2) is 21.6 Å². The number of benzene rings is 2. The molecular formula is C17H15ClF3NO4S. The summed E-state index contributed by atoms with van der Waals surface area (Å²) in [4.78, 5) is -0.524. The van der Waals surface area contributed by atoms with Crippen LogP contribution in [0.1, 0.15) is 24.1 Å². The van der Waals surface area contributed by atoms with Crippen molar-refractivity contribution < 1.29 is 31.1 Å². The third-order valence-electron chi connectivity index (χ3n) is 3.95. The molecule has 3 rings (SSSR count). The topological polar surface area (TPSA) is 64.6 Å². The highest BCUT2D eigenvalue weighted by Crippen LogP contribution is 2.36. The number of rotatable bonds is 4. The molecule has 10 heteroatoms. The van der Waals surface area contributed by atoms with Gasteiger partial charge in [-0.05, 0) is 42.8 Å². The summed E-state index contributed by atoms with van der Waals surface area (Å²) in [6, 6.07) is 6.68. The Kier molecular flexibility index (Phi) is 5.29. The predicted octanol–water partition coefficient (Wildman–Crippen LogP) is 4.17. The monoisotopic (exact) mass is 421 g/mol. The Hall–Kier alpha value is -1.97. The minimum Gasteiger partial charge on any atom is -0.486 e. The van der Waals surface area contributed by atoms with E-state index in [9.17, 15) is 21.6 Å². The van der Waals surface area contributed by atoms with E-state index in [0.29, 0.717) is 36.3 Å². The zero-order chi connectivity index (χ0) is 19.8. The van der Waals surface area contributed by atoms with E-state index in [-0.39, 0.29) is 0 Å².